The van der Waals surface area contributed by atoms with Crippen molar-refractivity contribution in [2.75, 3.05) is 0 Å². The molecule has 0 spiro atoms. The van der Waals surface area contributed by atoms with Gasteiger partial charge in [0.25, 0.3) is 0 Å². The molecule has 0 saturated carbocycles. The zero-order valence-electron chi connectivity index (χ0n) is 9.60. The number of rotatable bonds is 5. The van der Waals surface area contributed by atoms with Gasteiger partial charge in [0, 0.05) is 11.1 Å². The van der Waals surface area contributed by atoms with Crippen molar-refractivity contribution < 1.29 is 23.6 Å². The molecule has 0 aliphatic heterocycles. The van der Waals surface area contributed by atoms with E-state index in [2.05, 4.69) is 5.16 Å². The number of aromatic carboxylic acids is 1. The van der Waals surface area contributed by atoms with E-state index in [0.29, 0.717) is 5.56 Å². The van der Waals surface area contributed by atoms with Gasteiger partial charge in [-0.25, -0.2) is 9.18 Å². The predicted octanol–water partition coefficient (Wildman–Crippen LogP) is 2.88. The van der Waals surface area contributed by atoms with Gasteiger partial charge in [-0.05, 0) is 23.8 Å². The van der Waals surface area contributed by atoms with E-state index in [0.717, 1.165) is 0 Å². The van der Waals surface area contributed by atoms with Gasteiger partial charge in [-0.3, -0.25) is 0 Å². The van der Waals surface area contributed by atoms with E-state index in [4.69, 9.17) is 26.0 Å². The van der Waals surface area contributed by atoms with E-state index in [-0.39, 0.29) is 29.7 Å². The second-order valence-electron chi connectivity index (χ2n) is 3.75. The first-order chi connectivity index (χ1) is 9.04. The van der Waals surface area contributed by atoms with Crippen LogP contribution in [0.5, 0.6) is 0 Å². The van der Waals surface area contributed by atoms with Crippen LogP contribution < -0.4 is 0 Å². The molecule has 1 heterocycles. The molecule has 0 radical (unpaired) electrons. The summed E-state index contributed by atoms with van der Waals surface area (Å²) in [6.07, 6.45) is 0. The summed E-state index contributed by atoms with van der Waals surface area (Å²) in [5.41, 5.74) is 0.385. The molecule has 2 rings (SSSR count). The second kappa shape index (κ2) is 5.81. The first-order valence-electron chi connectivity index (χ1n) is 5.26. The van der Waals surface area contributed by atoms with Crippen LogP contribution in [0.2, 0.25) is 5.02 Å². The van der Waals surface area contributed by atoms with Gasteiger partial charge in [-0.15, -0.1) is 0 Å². The van der Waals surface area contributed by atoms with Gasteiger partial charge in [-0.2, -0.15) is 0 Å². The van der Waals surface area contributed by atoms with Gasteiger partial charge in [0.05, 0.1) is 6.61 Å². The standard InChI is InChI=1S/C12H9ClFNO4/c13-8-1-7(2-9(14)3-8)5-18-6-10-4-11(12(16)17)15-19-10/h1-4H,5-6H2,(H,16,17). The Kier molecular flexibility index (Phi) is 4.13. The minimum absolute atomic E-state index is 0.0361. The van der Waals surface area contributed by atoms with Crippen molar-refractivity contribution in [2.45, 2.75) is 13.2 Å². The quantitative estimate of drug-likeness (QED) is 0.914. The molecule has 1 N–H and O–H groups in total. The van der Waals surface area contributed by atoms with Crippen LogP contribution in [0, 0.1) is 5.82 Å². The second-order valence-corrected chi connectivity index (χ2v) is 4.19. The highest BCUT2D eigenvalue weighted by Gasteiger charge is 2.10. The largest absolute Gasteiger partial charge is 0.476 e. The van der Waals surface area contributed by atoms with Gasteiger partial charge >= 0.3 is 5.97 Å². The van der Waals surface area contributed by atoms with Gasteiger partial charge < -0.3 is 14.4 Å². The summed E-state index contributed by atoms with van der Waals surface area (Å²) in [6.45, 7) is 0.162. The maximum Gasteiger partial charge on any atom is 0.358 e. The molecular weight excluding hydrogens is 277 g/mol. The Morgan fingerprint density at radius 3 is 2.79 bits per heavy atom. The minimum Gasteiger partial charge on any atom is -0.476 e. The summed E-state index contributed by atoms with van der Waals surface area (Å²) in [5, 5.41) is 12.3. The monoisotopic (exact) mass is 285 g/mol. The van der Waals surface area contributed by atoms with Crippen LogP contribution >= 0.6 is 11.6 Å². The van der Waals surface area contributed by atoms with Crippen molar-refractivity contribution in [2.24, 2.45) is 0 Å². The van der Waals surface area contributed by atoms with Crippen molar-refractivity contribution in [3.8, 4) is 0 Å². The lowest BCUT2D eigenvalue weighted by Crippen LogP contribution is -1.95. The van der Waals surface area contributed by atoms with Crippen molar-refractivity contribution in [3.05, 3.63) is 52.1 Å². The van der Waals surface area contributed by atoms with Crippen molar-refractivity contribution in [1.29, 1.82) is 0 Å². The molecule has 0 atom stereocenters. The number of carboxylic acid groups (broad SMARTS) is 1. The van der Waals surface area contributed by atoms with Crippen LogP contribution in [0.15, 0.2) is 28.8 Å². The third kappa shape index (κ3) is 3.77. The van der Waals surface area contributed by atoms with E-state index in [9.17, 15) is 9.18 Å². The summed E-state index contributed by atoms with van der Waals surface area (Å²) in [4.78, 5) is 10.6. The highest BCUT2D eigenvalue weighted by atomic mass is 35.5. The van der Waals surface area contributed by atoms with Crippen LogP contribution in [0.1, 0.15) is 21.8 Å². The van der Waals surface area contributed by atoms with Crippen molar-refractivity contribution in [1.82, 2.24) is 5.16 Å². The number of hydrogen-bond acceptors (Lipinski definition) is 4. The Bertz CT molecular complexity index is 579. The first-order valence-corrected chi connectivity index (χ1v) is 5.64. The third-order valence-corrected chi connectivity index (χ3v) is 2.43. The Morgan fingerprint density at radius 1 is 1.37 bits per heavy atom. The molecule has 0 unspecified atom stereocenters. The molecule has 7 heteroatoms. The topological polar surface area (TPSA) is 72.6 Å². The SMILES string of the molecule is O=C(O)c1cc(COCc2cc(F)cc(Cl)c2)on1. The van der Waals surface area contributed by atoms with E-state index in [1.165, 1.54) is 18.2 Å². The molecule has 0 amide bonds. The maximum atomic E-state index is 13.0. The number of halogens is 2. The number of nitrogens with zero attached hydrogens (tertiary/aromatic N) is 1. The summed E-state index contributed by atoms with van der Waals surface area (Å²) >= 11 is 5.69. The summed E-state index contributed by atoms with van der Waals surface area (Å²) in [6, 6.07) is 5.34. The zero-order valence-corrected chi connectivity index (χ0v) is 10.4. The molecular formula is C12H9ClFNO4. The normalized spacial score (nSPS) is 10.6. The summed E-state index contributed by atoms with van der Waals surface area (Å²) < 4.78 is 23.0. The van der Waals surface area contributed by atoms with Crippen molar-refractivity contribution >= 4 is 17.6 Å². The fraction of sp³-hybridized carbons (Fsp3) is 0.167. The van der Waals surface area contributed by atoms with E-state index < -0.39 is 11.8 Å². The summed E-state index contributed by atoms with van der Waals surface area (Å²) in [7, 11) is 0. The Labute approximate surface area is 112 Å². The molecule has 0 bridgehead atoms. The first kappa shape index (κ1) is 13.5. The average Bonchev–Trinajstić information content (AvgIpc) is 2.76. The molecule has 1 aromatic carbocycles. The number of aromatic nitrogens is 1. The number of ether oxygens (including phenoxy) is 1. The van der Waals surface area contributed by atoms with Crippen LogP contribution in [0.4, 0.5) is 4.39 Å². The molecule has 5 nitrogen and oxygen atoms in total. The van der Waals surface area contributed by atoms with E-state index in [1.54, 1.807) is 6.07 Å². The molecule has 1 aromatic heterocycles. The van der Waals surface area contributed by atoms with Gasteiger partial charge in [0.2, 0.25) is 0 Å². The van der Waals surface area contributed by atoms with E-state index in [1.807, 2.05) is 0 Å². The highest BCUT2D eigenvalue weighted by molar-refractivity contribution is 6.30. The zero-order chi connectivity index (χ0) is 13.8. The number of benzene rings is 1. The number of hydrogen-bond donors (Lipinski definition) is 1. The van der Waals surface area contributed by atoms with Gasteiger partial charge in [-0.1, -0.05) is 16.8 Å². The molecule has 100 valence electrons. The fourth-order valence-corrected chi connectivity index (χ4v) is 1.69. The maximum absolute atomic E-state index is 13.0. The Balaban J connectivity index is 1.90. The molecule has 0 saturated heterocycles. The van der Waals surface area contributed by atoms with E-state index >= 15 is 0 Å². The Hall–Kier alpha value is -1.92. The third-order valence-electron chi connectivity index (χ3n) is 2.21. The smallest absolute Gasteiger partial charge is 0.358 e. The molecule has 0 aliphatic rings. The average molecular weight is 286 g/mol. The van der Waals surface area contributed by atoms with Crippen LogP contribution in [0.25, 0.3) is 0 Å². The number of carboxylic acids is 1. The molecule has 19 heavy (non-hydrogen) atoms. The minimum atomic E-state index is -1.17. The predicted molar refractivity (Wildman–Crippen MR) is 63.4 cm³/mol. The lowest BCUT2D eigenvalue weighted by Gasteiger charge is -2.03. The Morgan fingerprint density at radius 2 is 2.16 bits per heavy atom. The lowest BCUT2D eigenvalue weighted by molar-refractivity contribution is 0.0683. The number of carbonyl (C=O) groups is 1. The van der Waals surface area contributed by atoms with Gasteiger partial charge in [0.15, 0.2) is 11.5 Å². The highest BCUT2D eigenvalue weighted by Crippen LogP contribution is 2.15. The lowest BCUT2D eigenvalue weighted by atomic mass is 10.2. The van der Waals surface area contributed by atoms with Crippen LogP contribution in [-0.4, -0.2) is 16.2 Å². The fourth-order valence-electron chi connectivity index (χ4n) is 1.45. The van der Waals surface area contributed by atoms with Crippen LogP contribution in [0.3, 0.4) is 0 Å². The molecule has 0 fully saturated rings. The molecule has 0 aliphatic carbocycles. The molecule has 2 aromatic rings. The van der Waals surface area contributed by atoms with Crippen molar-refractivity contribution in [3.63, 3.8) is 0 Å². The van der Waals surface area contributed by atoms with Gasteiger partial charge in [0.1, 0.15) is 12.4 Å². The summed E-state index contributed by atoms with van der Waals surface area (Å²) in [5.74, 6) is -1.34. The van der Waals surface area contributed by atoms with Crippen LogP contribution in [-0.2, 0) is 18.0 Å².